The molecule has 1 amide bonds. The Bertz CT molecular complexity index is 984. The monoisotopic (exact) mass is 455 g/mol. The highest BCUT2D eigenvalue weighted by molar-refractivity contribution is 8.26. The largest absolute Gasteiger partial charge is 0.489 e. The topological polar surface area (TPSA) is 66.8 Å². The van der Waals surface area contributed by atoms with Crippen LogP contribution in [0, 0.1) is 6.92 Å². The van der Waals surface area contributed by atoms with Crippen LogP contribution in [-0.2, 0) is 16.2 Å². The van der Waals surface area contributed by atoms with Gasteiger partial charge in [-0.15, -0.1) is 0 Å². The number of hydrogen-bond donors (Lipinski definition) is 1. The van der Waals surface area contributed by atoms with E-state index in [0.717, 1.165) is 41.5 Å². The molecule has 2 aromatic rings. The summed E-state index contributed by atoms with van der Waals surface area (Å²) in [5.41, 5.74) is 3.12. The summed E-state index contributed by atoms with van der Waals surface area (Å²) in [7, 11) is 0. The van der Waals surface area contributed by atoms with Gasteiger partial charge >= 0.3 is 5.97 Å². The summed E-state index contributed by atoms with van der Waals surface area (Å²) in [6.45, 7) is 4.51. The third-order valence-electron chi connectivity index (χ3n) is 4.96. The number of aryl methyl sites for hydroxylation is 1. The minimum absolute atomic E-state index is 0.290. The van der Waals surface area contributed by atoms with Crippen molar-refractivity contribution in [2.24, 2.45) is 0 Å². The van der Waals surface area contributed by atoms with Gasteiger partial charge in [-0.25, -0.2) is 4.79 Å². The highest BCUT2D eigenvalue weighted by Gasteiger charge is 2.40. The number of benzene rings is 2. The van der Waals surface area contributed by atoms with Crippen molar-refractivity contribution in [2.45, 2.75) is 45.8 Å². The quantitative estimate of drug-likeness (QED) is 0.402. The number of ether oxygens (including phenoxy) is 1. The zero-order chi connectivity index (χ0) is 22.4. The molecule has 0 spiro atoms. The van der Waals surface area contributed by atoms with Gasteiger partial charge in [0, 0.05) is 0 Å². The van der Waals surface area contributed by atoms with Gasteiger partial charge in [-0.1, -0.05) is 85.7 Å². The zero-order valence-electron chi connectivity index (χ0n) is 17.5. The van der Waals surface area contributed by atoms with E-state index in [1.807, 2.05) is 50.2 Å². The second kappa shape index (κ2) is 10.6. The molecule has 162 valence electrons. The first-order valence-electron chi connectivity index (χ1n) is 10.2. The van der Waals surface area contributed by atoms with Gasteiger partial charge in [-0.2, -0.15) is 0 Å². The number of aliphatic carboxylic acids is 1. The van der Waals surface area contributed by atoms with Gasteiger partial charge in [0.25, 0.3) is 5.91 Å². The number of carboxylic acid groups (broad SMARTS) is 1. The van der Waals surface area contributed by atoms with Gasteiger partial charge in [0.1, 0.15) is 22.7 Å². The number of hydrogen-bond acceptors (Lipinski definition) is 5. The Morgan fingerprint density at radius 2 is 1.87 bits per heavy atom. The van der Waals surface area contributed by atoms with E-state index in [4.69, 9.17) is 17.0 Å². The summed E-state index contributed by atoms with van der Waals surface area (Å²) in [5.74, 6) is -0.643. The summed E-state index contributed by atoms with van der Waals surface area (Å²) in [4.78, 5) is 26.2. The molecule has 0 saturated carbocycles. The van der Waals surface area contributed by atoms with Crippen molar-refractivity contribution in [3.8, 4) is 5.75 Å². The maximum absolute atomic E-state index is 12.8. The first-order chi connectivity index (χ1) is 14.9. The van der Waals surface area contributed by atoms with E-state index in [1.165, 1.54) is 10.5 Å². The standard InChI is InChI=1S/C24H25NO4S2/c1-3-4-5-20(23(27)28)25-22(26)21(31-24(25)30)14-17-10-12-19(13-11-17)29-15-18-8-6-16(2)7-9-18/h6-14,20H,3-5,15H2,1-2H3,(H,27,28)/b21-14-/t20-/m1/s1. The van der Waals surface area contributed by atoms with Crippen LogP contribution in [0.4, 0.5) is 0 Å². The van der Waals surface area contributed by atoms with Crippen LogP contribution in [0.5, 0.6) is 5.75 Å². The van der Waals surface area contributed by atoms with E-state index >= 15 is 0 Å². The van der Waals surface area contributed by atoms with Crippen molar-refractivity contribution in [2.75, 3.05) is 0 Å². The molecule has 1 saturated heterocycles. The first kappa shape index (κ1) is 23.0. The molecule has 0 aromatic heterocycles. The fourth-order valence-electron chi connectivity index (χ4n) is 3.17. The lowest BCUT2D eigenvalue weighted by Crippen LogP contribution is -2.43. The van der Waals surface area contributed by atoms with Crippen molar-refractivity contribution < 1.29 is 19.4 Å². The first-order valence-corrected chi connectivity index (χ1v) is 11.4. The molecule has 0 bridgehead atoms. The predicted molar refractivity (Wildman–Crippen MR) is 128 cm³/mol. The second-order valence-corrected chi connectivity index (χ2v) is 9.07. The van der Waals surface area contributed by atoms with Gasteiger partial charge in [0.15, 0.2) is 0 Å². The van der Waals surface area contributed by atoms with Crippen LogP contribution in [0.2, 0.25) is 0 Å². The number of amides is 1. The molecule has 2 aromatic carbocycles. The van der Waals surface area contributed by atoms with Crippen molar-refractivity contribution in [3.63, 3.8) is 0 Å². The lowest BCUT2D eigenvalue weighted by molar-refractivity contribution is -0.145. The molecule has 1 aliphatic rings. The predicted octanol–water partition coefficient (Wildman–Crippen LogP) is 5.42. The highest BCUT2D eigenvalue weighted by atomic mass is 32.2. The van der Waals surface area contributed by atoms with Crippen LogP contribution in [0.25, 0.3) is 6.08 Å². The lowest BCUT2D eigenvalue weighted by Gasteiger charge is -2.22. The SMILES string of the molecule is CCCC[C@H](C(=O)O)N1C(=O)/C(=C/c2ccc(OCc3ccc(C)cc3)cc2)SC1=S. The molecule has 1 aliphatic heterocycles. The summed E-state index contributed by atoms with van der Waals surface area (Å²) < 4.78 is 6.11. The number of carbonyl (C=O) groups excluding carboxylic acids is 1. The molecule has 7 heteroatoms. The van der Waals surface area contributed by atoms with Gasteiger partial charge < -0.3 is 9.84 Å². The van der Waals surface area contributed by atoms with E-state index in [1.54, 1.807) is 6.08 Å². The van der Waals surface area contributed by atoms with Crippen molar-refractivity contribution in [1.82, 2.24) is 4.90 Å². The summed E-state index contributed by atoms with van der Waals surface area (Å²) >= 11 is 6.45. The van der Waals surface area contributed by atoms with E-state index in [2.05, 4.69) is 12.1 Å². The van der Waals surface area contributed by atoms with E-state index < -0.39 is 12.0 Å². The molecule has 1 fully saturated rings. The fourth-order valence-corrected chi connectivity index (χ4v) is 4.53. The number of thioether (sulfide) groups is 1. The lowest BCUT2D eigenvalue weighted by atomic mass is 10.1. The van der Waals surface area contributed by atoms with Crippen LogP contribution < -0.4 is 4.74 Å². The molecule has 1 N–H and O–H groups in total. The van der Waals surface area contributed by atoms with Gasteiger partial charge in [-0.3, -0.25) is 9.69 Å². The van der Waals surface area contributed by atoms with Crippen LogP contribution in [0.15, 0.2) is 53.4 Å². The Morgan fingerprint density at radius 1 is 1.19 bits per heavy atom. The molecular weight excluding hydrogens is 430 g/mol. The van der Waals surface area contributed by atoms with E-state index in [0.29, 0.717) is 17.9 Å². The fraction of sp³-hybridized carbons (Fsp3) is 0.292. The van der Waals surface area contributed by atoms with Gasteiger partial charge in [0.2, 0.25) is 0 Å². The molecule has 5 nitrogen and oxygen atoms in total. The van der Waals surface area contributed by atoms with E-state index in [-0.39, 0.29) is 10.2 Å². The number of carbonyl (C=O) groups is 2. The summed E-state index contributed by atoms with van der Waals surface area (Å²) in [5, 5.41) is 9.55. The average Bonchev–Trinajstić information content (AvgIpc) is 3.02. The van der Waals surface area contributed by atoms with Crippen LogP contribution in [0.1, 0.15) is 42.9 Å². The molecule has 1 heterocycles. The molecule has 0 aliphatic carbocycles. The van der Waals surface area contributed by atoms with E-state index in [9.17, 15) is 14.7 Å². The van der Waals surface area contributed by atoms with Crippen molar-refractivity contribution in [3.05, 3.63) is 70.1 Å². The molecule has 0 radical (unpaired) electrons. The molecule has 1 atom stereocenters. The minimum Gasteiger partial charge on any atom is -0.489 e. The minimum atomic E-state index is -1.03. The average molecular weight is 456 g/mol. The normalized spacial score (nSPS) is 16.1. The maximum Gasteiger partial charge on any atom is 0.326 e. The molecule has 3 rings (SSSR count). The van der Waals surface area contributed by atoms with Crippen LogP contribution in [-0.4, -0.2) is 32.2 Å². The highest BCUT2D eigenvalue weighted by Crippen LogP contribution is 2.35. The number of nitrogens with zero attached hydrogens (tertiary/aromatic N) is 1. The van der Waals surface area contributed by atoms with Crippen molar-refractivity contribution in [1.29, 1.82) is 0 Å². The second-order valence-electron chi connectivity index (χ2n) is 7.39. The smallest absolute Gasteiger partial charge is 0.326 e. The Kier molecular flexibility index (Phi) is 7.87. The zero-order valence-corrected chi connectivity index (χ0v) is 19.2. The molecule has 31 heavy (non-hydrogen) atoms. The number of unbranched alkanes of at least 4 members (excludes halogenated alkanes) is 1. The number of thiocarbonyl (C=S) groups is 1. The summed E-state index contributed by atoms with van der Waals surface area (Å²) in [6.07, 6.45) is 3.70. The maximum atomic E-state index is 12.8. The van der Waals surface area contributed by atoms with Crippen LogP contribution >= 0.6 is 24.0 Å². The van der Waals surface area contributed by atoms with Gasteiger partial charge in [0.05, 0.1) is 4.91 Å². The Labute approximate surface area is 192 Å². The van der Waals surface area contributed by atoms with Gasteiger partial charge in [-0.05, 0) is 42.7 Å². The Hall–Kier alpha value is -2.64. The molecular formula is C24H25NO4S2. The number of rotatable bonds is 9. The number of carboxylic acids is 1. The molecule has 0 unspecified atom stereocenters. The summed E-state index contributed by atoms with van der Waals surface area (Å²) in [6, 6.07) is 14.7. The Balaban J connectivity index is 1.67. The Morgan fingerprint density at radius 3 is 2.48 bits per heavy atom. The van der Waals surface area contributed by atoms with Crippen molar-refractivity contribution >= 4 is 46.3 Å². The third-order valence-corrected chi connectivity index (χ3v) is 6.29. The van der Waals surface area contributed by atoms with Crippen LogP contribution in [0.3, 0.4) is 0 Å². The third kappa shape index (κ3) is 5.95.